The van der Waals surface area contributed by atoms with Crippen LogP contribution in [0.5, 0.6) is 0 Å². The molecule has 3 amide bonds. The number of ether oxygens (including phenoxy) is 2. The maximum Gasteiger partial charge on any atom is 0.304 e. The Morgan fingerprint density at radius 2 is 1.22 bits per heavy atom. The van der Waals surface area contributed by atoms with E-state index in [-0.39, 0.29) is 23.5 Å². The summed E-state index contributed by atoms with van der Waals surface area (Å²) in [5.74, 6) is -2.14. The molecule has 0 aliphatic heterocycles. The lowest BCUT2D eigenvalue weighted by atomic mass is 10.1. The smallest absolute Gasteiger partial charge is 0.304 e. The first-order valence-electron chi connectivity index (χ1n) is 11.4. The predicted octanol–water partition coefficient (Wildman–Crippen LogP) is 4.91. The number of amides is 3. The van der Waals surface area contributed by atoms with E-state index in [1.165, 1.54) is 13.8 Å². The van der Waals surface area contributed by atoms with Crippen molar-refractivity contribution in [2.45, 2.75) is 72.3 Å². The first-order chi connectivity index (χ1) is 17.4. The van der Waals surface area contributed by atoms with Crippen LogP contribution >= 0.6 is 79.4 Å². The third kappa shape index (κ3) is 10.6. The highest BCUT2D eigenvalue weighted by Crippen LogP contribution is 2.36. The molecule has 0 saturated heterocycles. The molecule has 2 unspecified atom stereocenters. The molecule has 1 rings (SSSR count). The Labute approximate surface area is 261 Å². The highest BCUT2D eigenvalue weighted by Gasteiger charge is 2.30. The predicted molar refractivity (Wildman–Crippen MR) is 164 cm³/mol. The van der Waals surface area contributed by atoms with Crippen molar-refractivity contribution in [3.63, 3.8) is 0 Å². The summed E-state index contributed by atoms with van der Waals surface area (Å²) in [7, 11) is 0. The summed E-state index contributed by atoms with van der Waals surface area (Å²) >= 11 is 11.5. The second kappa shape index (κ2) is 16.9. The average Bonchev–Trinajstić information content (AvgIpc) is 2.80. The van der Waals surface area contributed by atoms with E-state index in [4.69, 9.17) is 21.1 Å². The van der Waals surface area contributed by atoms with Gasteiger partial charge in [0.1, 0.15) is 0 Å². The number of carbonyl (C=O) groups is 5. The fourth-order valence-electron chi connectivity index (χ4n) is 3.02. The summed E-state index contributed by atoms with van der Waals surface area (Å²) in [6.45, 7) is 5.95. The van der Waals surface area contributed by atoms with Crippen LogP contribution in [0.2, 0.25) is 0 Å². The molecule has 10 nitrogen and oxygen atoms in total. The fourth-order valence-corrected chi connectivity index (χ4v) is 7.63. The Kier molecular flexibility index (Phi) is 15.6. The van der Waals surface area contributed by atoms with Gasteiger partial charge in [0.15, 0.2) is 12.5 Å². The summed E-state index contributed by atoms with van der Waals surface area (Å²) < 4.78 is 11.4. The Hall–Kier alpha value is -0.950. The van der Waals surface area contributed by atoms with Crippen molar-refractivity contribution >= 4 is 115 Å². The van der Waals surface area contributed by atoms with Crippen molar-refractivity contribution in [3.05, 3.63) is 21.8 Å². The summed E-state index contributed by atoms with van der Waals surface area (Å²) in [6, 6.07) is 0. The van der Waals surface area contributed by atoms with E-state index in [1.807, 2.05) is 67.8 Å². The third-order valence-electron chi connectivity index (χ3n) is 4.77. The molecule has 206 valence electrons. The Balaban J connectivity index is 3.59. The number of halogens is 4. The molecule has 2 atom stereocenters. The lowest BCUT2D eigenvalue weighted by Crippen LogP contribution is -2.40. The van der Waals surface area contributed by atoms with Gasteiger partial charge in [0.05, 0.1) is 24.0 Å². The highest BCUT2D eigenvalue weighted by atomic mass is 127. The van der Waals surface area contributed by atoms with E-state index in [2.05, 4.69) is 16.0 Å². The van der Waals surface area contributed by atoms with Crippen LogP contribution in [0, 0.1) is 10.7 Å². The summed E-state index contributed by atoms with van der Waals surface area (Å²) in [5, 5.41) is 8.14. The largest absolute Gasteiger partial charge is 0.442 e. The summed E-state index contributed by atoms with van der Waals surface area (Å²) in [6.07, 6.45) is 0.338. The number of carbonyl (C=O) groups excluding carboxylic acids is 5. The molecule has 0 aromatic heterocycles. The van der Waals surface area contributed by atoms with Crippen LogP contribution < -0.4 is 16.0 Å². The normalized spacial score (nSPS) is 12.2. The number of hydrogen-bond acceptors (Lipinski definition) is 7. The minimum Gasteiger partial charge on any atom is -0.442 e. The Morgan fingerprint density at radius 3 is 1.57 bits per heavy atom. The van der Waals surface area contributed by atoms with Crippen LogP contribution in [-0.4, -0.2) is 48.0 Å². The molecule has 0 radical (unpaired) electrons. The first kappa shape index (κ1) is 34.1. The van der Waals surface area contributed by atoms with Crippen LogP contribution in [0.4, 0.5) is 5.69 Å². The van der Waals surface area contributed by atoms with E-state index in [9.17, 15) is 24.0 Å². The molecule has 0 aliphatic carbocycles. The van der Waals surface area contributed by atoms with Crippen molar-refractivity contribution in [2.75, 3.05) is 11.2 Å². The zero-order chi connectivity index (χ0) is 28.3. The molecule has 0 aliphatic rings. The quantitative estimate of drug-likeness (QED) is 0.0843. The first-order valence-corrected chi connectivity index (χ1v) is 15.2. The molecule has 0 saturated carbocycles. The number of benzene rings is 1. The van der Waals surface area contributed by atoms with Gasteiger partial charge in [0, 0.05) is 42.6 Å². The molecule has 1 aromatic rings. The van der Waals surface area contributed by atoms with Gasteiger partial charge in [-0.15, -0.1) is 11.6 Å². The maximum atomic E-state index is 13.4. The number of esters is 2. The van der Waals surface area contributed by atoms with Crippen LogP contribution in [0.1, 0.15) is 80.5 Å². The van der Waals surface area contributed by atoms with Gasteiger partial charge in [-0.3, -0.25) is 24.0 Å². The van der Waals surface area contributed by atoms with Crippen LogP contribution in [0.15, 0.2) is 0 Å². The molecular weight excluding hydrogens is 846 g/mol. The maximum absolute atomic E-state index is 13.4. The number of nitrogens with one attached hydrogen (secondary N) is 3. The Morgan fingerprint density at radius 1 is 0.784 bits per heavy atom. The van der Waals surface area contributed by atoms with E-state index >= 15 is 0 Å². The van der Waals surface area contributed by atoms with Crippen LogP contribution in [0.3, 0.4) is 0 Å². The minimum atomic E-state index is -0.879. The summed E-state index contributed by atoms with van der Waals surface area (Å²) in [4.78, 5) is 62.2. The standard InChI is InChI=1S/C23H29ClI3N3O7/c1-5-14(36-11(3)31)29-22(34)16-18(25)17(23(35)30-15(6-2)37-12(4)32)20(27)21(19(16)26)28-13(33)9-7-8-10-24/h14-15H,5-10H2,1-4H3,(H,28,33)(H,29,34)(H,30,35). The molecule has 0 fully saturated rings. The minimum absolute atomic E-state index is 0.133. The molecule has 14 heteroatoms. The monoisotopic (exact) mass is 875 g/mol. The van der Waals surface area contributed by atoms with Gasteiger partial charge < -0.3 is 25.4 Å². The van der Waals surface area contributed by atoms with Gasteiger partial charge in [0.2, 0.25) is 5.91 Å². The summed E-state index contributed by atoms with van der Waals surface area (Å²) in [5.41, 5.74) is 0.566. The molecule has 37 heavy (non-hydrogen) atoms. The highest BCUT2D eigenvalue weighted by molar-refractivity contribution is 14.1. The molecule has 1 aromatic carbocycles. The zero-order valence-corrected chi connectivity index (χ0v) is 28.0. The van der Waals surface area contributed by atoms with E-state index in [0.717, 1.165) is 0 Å². The fraction of sp³-hybridized carbons (Fsp3) is 0.522. The topological polar surface area (TPSA) is 140 Å². The van der Waals surface area contributed by atoms with Gasteiger partial charge in [-0.1, -0.05) is 13.8 Å². The molecule has 0 bridgehead atoms. The lowest BCUT2D eigenvalue weighted by Gasteiger charge is -2.23. The zero-order valence-electron chi connectivity index (χ0n) is 20.8. The van der Waals surface area contributed by atoms with Crippen molar-refractivity contribution < 1.29 is 33.4 Å². The van der Waals surface area contributed by atoms with E-state index < -0.39 is 36.2 Å². The number of hydrogen-bond donors (Lipinski definition) is 3. The molecule has 0 heterocycles. The van der Waals surface area contributed by atoms with Crippen molar-refractivity contribution in [2.24, 2.45) is 0 Å². The third-order valence-corrected chi connectivity index (χ3v) is 8.27. The molecular formula is C23H29ClI3N3O7. The number of unbranched alkanes of at least 4 members (excludes halogenated alkanes) is 1. The van der Waals surface area contributed by atoms with Crippen molar-refractivity contribution in [1.82, 2.24) is 10.6 Å². The number of alkyl halides is 1. The van der Waals surface area contributed by atoms with Crippen molar-refractivity contribution in [1.29, 1.82) is 0 Å². The molecule has 3 N–H and O–H groups in total. The van der Waals surface area contributed by atoms with E-state index in [0.29, 0.717) is 48.0 Å². The van der Waals surface area contributed by atoms with Gasteiger partial charge in [-0.2, -0.15) is 0 Å². The van der Waals surface area contributed by atoms with Crippen LogP contribution in [-0.2, 0) is 23.9 Å². The van der Waals surface area contributed by atoms with E-state index in [1.54, 1.807) is 13.8 Å². The van der Waals surface area contributed by atoms with Gasteiger partial charge in [-0.25, -0.2) is 0 Å². The van der Waals surface area contributed by atoms with Gasteiger partial charge >= 0.3 is 11.9 Å². The second-order valence-corrected chi connectivity index (χ2v) is 11.3. The number of rotatable bonds is 13. The SMILES string of the molecule is CCC(NC(=O)c1c(I)c(NC(=O)CCCCCl)c(I)c(C(=O)NC(CC)OC(C)=O)c1I)OC(C)=O. The van der Waals surface area contributed by atoms with Crippen LogP contribution in [0.25, 0.3) is 0 Å². The number of anilines is 1. The molecule has 0 spiro atoms. The second-order valence-electron chi connectivity index (χ2n) is 7.72. The van der Waals surface area contributed by atoms with Gasteiger partial charge in [0.25, 0.3) is 11.8 Å². The lowest BCUT2D eigenvalue weighted by molar-refractivity contribution is -0.148. The van der Waals surface area contributed by atoms with Crippen molar-refractivity contribution in [3.8, 4) is 0 Å². The average molecular weight is 876 g/mol. The van der Waals surface area contributed by atoms with Gasteiger partial charge in [-0.05, 0) is 80.6 Å². The Bertz CT molecular complexity index is 974.